The molecular formula is C11H21NO2. The average Bonchev–Trinajstić information content (AvgIpc) is 2.53. The van der Waals surface area contributed by atoms with Gasteiger partial charge in [-0.25, -0.2) is 0 Å². The maximum Gasteiger partial charge on any atom is 0.223 e. The molecule has 0 radical (unpaired) electrons. The van der Waals surface area contributed by atoms with E-state index < -0.39 is 0 Å². The highest BCUT2D eigenvalue weighted by molar-refractivity contribution is 5.76. The molecule has 14 heavy (non-hydrogen) atoms. The molecule has 1 aliphatic heterocycles. The van der Waals surface area contributed by atoms with Crippen LogP contribution in [0.25, 0.3) is 0 Å². The van der Waals surface area contributed by atoms with E-state index in [-0.39, 0.29) is 11.4 Å². The van der Waals surface area contributed by atoms with Crippen molar-refractivity contribution < 1.29 is 9.53 Å². The Balaban J connectivity index is 2.41. The average molecular weight is 199 g/mol. The molecule has 1 aliphatic rings. The number of carbonyl (C=O) groups is 1. The van der Waals surface area contributed by atoms with Crippen LogP contribution in [0.3, 0.4) is 0 Å². The maximum atomic E-state index is 11.8. The highest BCUT2D eigenvalue weighted by Crippen LogP contribution is 2.20. The Morgan fingerprint density at radius 3 is 2.57 bits per heavy atom. The van der Waals surface area contributed by atoms with Crippen molar-refractivity contribution in [1.29, 1.82) is 0 Å². The minimum atomic E-state index is -0.0729. The molecule has 1 unspecified atom stereocenters. The second-order valence-electron chi connectivity index (χ2n) is 5.06. The van der Waals surface area contributed by atoms with E-state index in [4.69, 9.17) is 4.74 Å². The van der Waals surface area contributed by atoms with Crippen molar-refractivity contribution in [1.82, 2.24) is 4.90 Å². The van der Waals surface area contributed by atoms with Crippen LogP contribution >= 0.6 is 0 Å². The number of ether oxygens (including phenoxy) is 1. The molecule has 0 bridgehead atoms. The first-order chi connectivity index (χ1) is 6.41. The minimum Gasteiger partial charge on any atom is -0.381 e. The lowest BCUT2D eigenvalue weighted by atomic mass is 10.0. The fraction of sp³-hybridized carbons (Fsp3) is 0.909. The van der Waals surface area contributed by atoms with Gasteiger partial charge in [0.25, 0.3) is 0 Å². The summed E-state index contributed by atoms with van der Waals surface area (Å²) in [6, 6.07) is 0. The largest absolute Gasteiger partial charge is 0.381 e. The summed E-state index contributed by atoms with van der Waals surface area (Å²) in [5.41, 5.74) is -0.0729. The van der Waals surface area contributed by atoms with Crippen molar-refractivity contribution in [2.24, 2.45) is 5.92 Å². The highest BCUT2D eigenvalue weighted by atomic mass is 16.5. The third-order valence-corrected chi connectivity index (χ3v) is 2.87. The third kappa shape index (κ3) is 2.98. The lowest BCUT2D eigenvalue weighted by molar-refractivity contribution is -0.135. The zero-order valence-electron chi connectivity index (χ0n) is 9.67. The molecule has 0 aromatic carbocycles. The molecule has 3 heteroatoms. The summed E-state index contributed by atoms with van der Waals surface area (Å²) >= 11 is 0. The molecule has 1 heterocycles. The van der Waals surface area contributed by atoms with E-state index in [1.807, 2.05) is 11.9 Å². The minimum absolute atomic E-state index is 0.0729. The number of hydrogen-bond acceptors (Lipinski definition) is 2. The molecule has 82 valence electrons. The molecule has 3 nitrogen and oxygen atoms in total. The molecule has 1 saturated heterocycles. The van der Waals surface area contributed by atoms with Gasteiger partial charge in [0.15, 0.2) is 0 Å². The van der Waals surface area contributed by atoms with Crippen LogP contribution in [0, 0.1) is 5.92 Å². The smallest absolute Gasteiger partial charge is 0.223 e. The van der Waals surface area contributed by atoms with Crippen LogP contribution in [-0.2, 0) is 9.53 Å². The van der Waals surface area contributed by atoms with Crippen molar-refractivity contribution in [2.75, 3.05) is 20.3 Å². The fourth-order valence-electron chi connectivity index (χ4n) is 1.50. The summed E-state index contributed by atoms with van der Waals surface area (Å²) in [6.45, 7) is 7.73. The van der Waals surface area contributed by atoms with E-state index in [2.05, 4.69) is 20.8 Å². The first kappa shape index (κ1) is 11.5. The second kappa shape index (κ2) is 4.30. The van der Waals surface area contributed by atoms with Crippen molar-refractivity contribution in [3.8, 4) is 0 Å². The molecule has 0 aromatic heterocycles. The lowest BCUT2D eigenvalue weighted by Gasteiger charge is -2.32. The molecule has 1 atom stereocenters. The van der Waals surface area contributed by atoms with E-state index in [0.717, 1.165) is 19.6 Å². The predicted octanol–water partition coefficient (Wildman–Crippen LogP) is 1.67. The zero-order valence-corrected chi connectivity index (χ0v) is 9.67. The van der Waals surface area contributed by atoms with Gasteiger partial charge in [-0.05, 0) is 33.1 Å². The number of hydrogen-bond donors (Lipinski definition) is 0. The van der Waals surface area contributed by atoms with Crippen molar-refractivity contribution >= 4 is 5.91 Å². The standard InChI is InChI=1S/C11H21NO2/c1-11(2,3)12(4)10(13)7-9-5-6-14-8-9/h9H,5-8H2,1-4H3. The monoisotopic (exact) mass is 199 g/mol. The summed E-state index contributed by atoms with van der Waals surface area (Å²) in [7, 11) is 1.87. The van der Waals surface area contributed by atoms with Gasteiger partial charge in [-0.3, -0.25) is 4.79 Å². The SMILES string of the molecule is CN(C(=O)CC1CCOC1)C(C)(C)C. The van der Waals surface area contributed by atoms with Crippen LogP contribution in [0.2, 0.25) is 0 Å². The number of amides is 1. The Morgan fingerprint density at radius 2 is 2.14 bits per heavy atom. The van der Waals surface area contributed by atoms with Gasteiger partial charge in [-0.1, -0.05) is 0 Å². The van der Waals surface area contributed by atoms with Crippen LogP contribution in [0.1, 0.15) is 33.6 Å². The highest BCUT2D eigenvalue weighted by Gasteiger charge is 2.26. The summed E-state index contributed by atoms with van der Waals surface area (Å²) in [5.74, 6) is 0.667. The fourth-order valence-corrected chi connectivity index (χ4v) is 1.50. The summed E-state index contributed by atoms with van der Waals surface area (Å²) in [6.07, 6.45) is 1.66. The topological polar surface area (TPSA) is 29.5 Å². The number of carbonyl (C=O) groups excluding carboxylic acids is 1. The van der Waals surface area contributed by atoms with Crippen LogP contribution in [0.15, 0.2) is 0 Å². The Morgan fingerprint density at radius 1 is 1.50 bits per heavy atom. The van der Waals surface area contributed by atoms with Gasteiger partial charge in [-0.2, -0.15) is 0 Å². The molecule has 0 aromatic rings. The van der Waals surface area contributed by atoms with Gasteiger partial charge >= 0.3 is 0 Å². The Labute approximate surface area is 86.4 Å². The van der Waals surface area contributed by atoms with Crippen molar-refractivity contribution in [3.63, 3.8) is 0 Å². The number of nitrogens with zero attached hydrogens (tertiary/aromatic N) is 1. The molecule has 0 saturated carbocycles. The van der Waals surface area contributed by atoms with E-state index in [1.54, 1.807) is 0 Å². The van der Waals surface area contributed by atoms with Gasteiger partial charge in [0.05, 0.1) is 0 Å². The normalized spacial score (nSPS) is 22.4. The predicted molar refractivity (Wildman–Crippen MR) is 56.1 cm³/mol. The zero-order chi connectivity index (χ0) is 10.8. The van der Waals surface area contributed by atoms with E-state index >= 15 is 0 Å². The van der Waals surface area contributed by atoms with Crippen LogP contribution in [0.5, 0.6) is 0 Å². The molecule has 1 rings (SSSR count). The molecule has 1 amide bonds. The van der Waals surface area contributed by atoms with Crippen molar-refractivity contribution in [2.45, 2.75) is 39.2 Å². The molecule has 1 fully saturated rings. The molecule has 0 aliphatic carbocycles. The van der Waals surface area contributed by atoms with E-state index in [9.17, 15) is 4.79 Å². The van der Waals surface area contributed by atoms with Gasteiger partial charge in [0, 0.05) is 32.2 Å². The van der Waals surface area contributed by atoms with Crippen LogP contribution in [-0.4, -0.2) is 36.6 Å². The van der Waals surface area contributed by atoms with Crippen LogP contribution < -0.4 is 0 Å². The first-order valence-corrected chi connectivity index (χ1v) is 5.25. The van der Waals surface area contributed by atoms with Crippen molar-refractivity contribution in [3.05, 3.63) is 0 Å². The Hall–Kier alpha value is -0.570. The Bertz CT molecular complexity index is 202. The second-order valence-corrected chi connectivity index (χ2v) is 5.06. The van der Waals surface area contributed by atoms with Gasteiger partial charge in [-0.15, -0.1) is 0 Å². The van der Waals surface area contributed by atoms with Gasteiger partial charge < -0.3 is 9.64 Å². The summed E-state index contributed by atoms with van der Waals surface area (Å²) < 4.78 is 5.25. The molecule has 0 N–H and O–H groups in total. The number of rotatable bonds is 2. The molecule has 0 spiro atoms. The third-order valence-electron chi connectivity index (χ3n) is 2.87. The lowest BCUT2D eigenvalue weighted by Crippen LogP contribution is -2.43. The maximum absolute atomic E-state index is 11.8. The van der Waals surface area contributed by atoms with E-state index in [0.29, 0.717) is 12.3 Å². The first-order valence-electron chi connectivity index (χ1n) is 5.25. The molecular weight excluding hydrogens is 178 g/mol. The Kier molecular flexibility index (Phi) is 3.53. The van der Waals surface area contributed by atoms with Crippen LogP contribution in [0.4, 0.5) is 0 Å². The summed E-state index contributed by atoms with van der Waals surface area (Å²) in [4.78, 5) is 13.6. The quantitative estimate of drug-likeness (QED) is 0.677. The summed E-state index contributed by atoms with van der Waals surface area (Å²) in [5, 5.41) is 0. The van der Waals surface area contributed by atoms with Gasteiger partial charge in [0.1, 0.15) is 0 Å². The van der Waals surface area contributed by atoms with E-state index in [1.165, 1.54) is 0 Å². The van der Waals surface area contributed by atoms with Gasteiger partial charge in [0.2, 0.25) is 5.91 Å².